The highest BCUT2D eigenvalue weighted by Gasteiger charge is 2.07. The summed E-state index contributed by atoms with van der Waals surface area (Å²) in [6, 6.07) is 3.25. The summed E-state index contributed by atoms with van der Waals surface area (Å²) < 4.78 is 4.49. The molecule has 0 saturated carbocycles. The van der Waals surface area contributed by atoms with Crippen molar-refractivity contribution >= 4 is 17.6 Å². The monoisotopic (exact) mass is 237 g/mol. The molecule has 0 spiro atoms. The number of aromatic nitrogens is 1. The first-order chi connectivity index (χ1) is 8.17. The fourth-order valence-corrected chi connectivity index (χ4v) is 1.16. The lowest BCUT2D eigenvalue weighted by Gasteiger charge is -2.06. The summed E-state index contributed by atoms with van der Waals surface area (Å²) in [6.45, 7) is 2.42. The van der Waals surface area contributed by atoms with Gasteiger partial charge in [0.25, 0.3) is 5.91 Å². The van der Waals surface area contributed by atoms with Crippen LogP contribution in [0.5, 0.6) is 0 Å². The molecule has 0 aliphatic rings. The minimum Gasteiger partial charge on any atom is -0.468 e. The van der Waals surface area contributed by atoms with Crippen molar-refractivity contribution in [2.45, 2.75) is 6.92 Å². The summed E-state index contributed by atoms with van der Waals surface area (Å²) in [6.07, 6.45) is 1.50. The molecule has 6 heteroatoms. The Kier molecular flexibility index (Phi) is 4.93. The van der Waals surface area contributed by atoms with Crippen molar-refractivity contribution in [1.82, 2.24) is 10.3 Å². The molecule has 1 aromatic rings. The molecule has 1 heterocycles. The number of amides is 1. The topological polar surface area (TPSA) is 80.3 Å². The summed E-state index contributed by atoms with van der Waals surface area (Å²) in [4.78, 5) is 26.4. The number of hydrogen-bond donors (Lipinski definition) is 2. The molecule has 0 aliphatic heterocycles. The smallest absolute Gasteiger partial charge is 0.325 e. The van der Waals surface area contributed by atoms with E-state index in [0.717, 1.165) is 0 Å². The lowest BCUT2D eigenvalue weighted by Crippen LogP contribution is -2.24. The number of nitrogens with one attached hydrogen (secondary N) is 2. The maximum absolute atomic E-state index is 11.5. The number of nitrogens with zero attached hydrogens (tertiary/aromatic N) is 1. The van der Waals surface area contributed by atoms with E-state index in [9.17, 15) is 9.59 Å². The molecule has 1 amide bonds. The molecule has 0 radical (unpaired) electrons. The van der Waals surface area contributed by atoms with E-state index in [2.05, 4.69) is 20.4 Å². The first kappa shape index (κ1) is 13.0. The van der Waals surface area contributed by atoms with Gasteiger partial charge >= 0.3 is 5.97 Å². The van der Waals surface area contributed by atoms with Gasteiger partial charge in [0.05, 0.1) is 7.11 Å². The Balaban J connectivity index is 2.65. The number of methoxy groups -OCH3 is 1. The maximum Gasteiger partial charge on any atom is 0.325 e. The fraction of sp³-hybridized carbons (Fsp3) is 0.364. The molecule has 0 aromatic carbocycles. The van der Waals surface area contributed by atoms with Crippen LogP contribution in [-0.4, -0.2) is 37.1 Å². The van der Waals surface area contributed by atoms with E-state index >= 15 is 0 Å². The Hall–Kier alpha value is -2.11. The van der Waals surface area contributed by atoms with Gasteiger partial charge in [0.2, 0.25) is 0 Å². The molecule has 0 atom stereocenters. The molecule has 6 nitrogen and oxygen atoms in total. The highest BCUT2D eigenvalue weighted by Crippen LogP contribution is 2.07. The van der Waals surface area contributed by atoms with Gasteiger partial charge in [0, 0.05) is 18.4 Å². The number of pyridine rings is 1. The fourth-order valence-electron chi connectivity index (χ4n) is 1.16. The number of rotatable bonds is 5. The van der Waals surface area contributed by atoms with Gasteiger partial charge in [-0.25, -0.2) is 0 Å². The van der Waals surface area contributed by atoms with Crippen LogP contribution in [0.2, 0.25) is 0 Å². The van der Waals surface area contributed by atoms with E-state index in [-0.39, 0.29) is 18.4 Å². The summed E-state index contributed by atoms with van der Waals surface area (Å²) in [5.74, 6) is -0.615. The standard InChI is InChI=1S/C11H15N3O3/c1-3-12-11(16)9-6-8(4-5-13-9)14-7-10(15)17-2/h4-6H,3,7H2,1-2H3,(H,12,16)(H,13,14). The van der Waals surface area contributed by atoms with Crippen LogP contribution in [0.1, 0.15) is 17.4 Å². The highest BCUT2D eigenvalue weighted by atomic mass is 16.5. The first-order valence-electron chi connectivity index (χ1n) is 5.22. The van der Waals surface area contributed by atoms with Crippen LogP contribution in [0.4, 0.5) is 5.69 Å². The van der Waals surface area contributed by atoms with Gasteiger partial charge < -0.3 is 15.4 Å². The molecule has 1 rings (SSSR count). The molecule has 17 heavy (non-hydrogen) atoms. The van der Waals surface area contributed by atoms with E-state index in [4.69, 9.17) is 0 Å². The van der Waals surface area contributed by atoms with Crippen molar-refractivity contribution < 1.29 is 14.3 Å². The Labute approximate surface area is 99.4 Å². The SMILES string of the molecule is CCNC(=O)c1cc(NCC(=O)OC)ccn1. The normalized spacial score (nSPS) is 9.53. The van der Waals surface area contributed by atoms with Crippen molar-refractivity contribution in [3.63, 3.8) is 0 Å². The number of esters is 1. The Morgan fingerprint density at radius 2 is 2.24 bits per heavy atom. The second kappa shape index (κ2) is 6.47. The lowest BCUT2D eigenvalue weighted by molar-refractivity contribution is -0.138. The molecule has 1 aromatic heterocycles. The Morgan fingerprint density at radius 1 is 1.47 bits per heavy atom. The van der Waals surface area contributed by atoms with Crippen molar-refractivity contribution in [2.24, 2.45) is 0 Å². The number of anilines is 1. The van der Waals surface area contributed by atoms with Gasteiger partial charge in [-0.2, -0.15) is 0 Å². The largest absolute Gasteiger partial charge is 0.468 e. The average molecular weight is 237 g/mol. The van der Waals surface area contributed by atoms with Gasteiger partial charge in [-0.1, -0.05) is 0 Å². The Morgan fingerprint density at radius 3 is 2.88 bits per heavy atom. The molecule has 0 saturated heterocycles. The minimum absolute atomic E-state index is 0.0509. The van der Waals surface area contributed by atoms with E-state index in [0.29, 0.717) is 17.9 Å². The molecule has 0 fully saturated rings. The third kappa shape index (κ3) is 4.10. The van der Waals surface area contributed by atoms with E-state index in [1.165, 1.54) is 13.3 Å². The third-order valence-electron chi connectivity index (χ3n) is 1.99. The van der Waals surface area contributed by atoms with Gasteiger partial charge in [-0.15, -0.1) is 0 Å². The number of carbonyl (C=O) groups excluding carboxylic acids is 2. The first-order valence-corrected chi connectivity index (χ1v) is 5.22. The summed E-state index contributed by atoms with van der Waals surface area (Å²) in [5, 5.41) is 5.48. The predicted octanol–water partition coefficient (Wildman–Crippen LogP) is 0.416. The van der Waals surface area contributed by atoms with Gasteiger partial charge in [-0.05, 0) is 19.1 Å². The van der Waals surface area contributed by atoms with Gasteiger partial charge in [0.1, 0.15) is 12.2 Å². The number of ether oxygens (including phenoxy) is 1. The van der Waals surface area contributed by atoms with Crippen LogP contribution in [0.15, 0.2) is 18.3 Å². The molecule has 92 valence electrons. The van der Waals surface area contributed by atoms with Crippen LogP contribution in [-0.2, 0) is 9.53 Å². The van der Waals surface area contributed by atoms with Crippen LogP contribution < -0.4 is 10.6 Å². The van der Waals surface area contributed by atoms with Crippen LogP contribution in [0.25, 0.3) is 0 Å². The van der Waals surface area contributed by atoms with Crippen molar-refractivity contribution in [1.29, 1.82) is 0 Å². The van der Waals surface area contributed by atoms with E-state index in [1.807, 2.05) is 6.92 Å². The van der Waals surface area contributed by atoms with Gasteiger partial charge in [0.15, 0.2) is 0 Å². The summed E-state index contributed by atoms with van der Waals surface area (Å²) in [5.41, 5.74) is 0.952. The summed E-state index contributed by atoms with van der Waals surface area (Å²) >= 11 is 0. The number of carbonyl (C=O) groups is 2. The summed E-state index contributed by atoms with van der Waals surface area (Å²) in [7, 11) is 1.32. The Bertz CT molecular complexity index is 407. The molecule has 0 bridgehead atoms. The number of hydrogen-bond acceptors (Lipinski definition) is 5. The molecule has 2 N–H and O–H groups in total. The van der Waals surface area contributed by atoms with Crippen molar-refractivity contribution in [3.8, 4) is 0 Å². The lowest BCUT2D eigenvalue weighted by atomic mass is 10.3. The molecular formula is C11H15N3O3. The minimum atomic E-state index is -0.374. The molecule has 0 unspecified atom stereocenters. The predicted molar refractivity (Wildman–Crippen MR) is 62.7 cm³/mol. The third-order valence-corrected chi connectivity index (χ3v) is 1.99. The second-order valence-electron chi connectivity index (χ2n) is 3.22. The van der Waals surface area contributed by atoms with Crippen LogP contribution >= 0.6 is 0 Å². The zero-order valence-electron chi connectivity index (χ0n) is 9.82. The second-order valence-corrected chi connectivity index (χ2v) is 3.22. The van der Waals surface area contributed by atoms with Crippen LogP contribution in [0, 0.1) is 0 Å². The van der Waals surface area contributed by atoms with E-state index < -0.39 is 0 Å². The highest BCUT2D eigenvalue weighted by molar-refractivity contribution is 5.93. The quantitative estimate of drug-likeness (QED) is 0.725. The van der Waals surface area contributed by atoms with Crippen LogP contribution in [0.3, 0.4) is 0 Å². The average Bonchev–Trinajstić information content (AvgIpc) is 2.36. The maximum atomic E-state index is 11.5. The zero-order valence-corrected chi connectivity index (χ0v) is 9.82. The van der Waals surface area contributed by atoms with Crippen molar-refractivity contribution in [2.75, 3.05) is 25.5 Å². The van der Waals surface area contributed by atoms with E-state index in [1.54, 1.807) is 12.1 Å². The van der Waals surface area contributed by atoms with Gasteiger partial charge in [-0.3, -0.25) is 14.6 Å². The van der Waals surface area contributed by atoms with Crippen molar-refractivity contribution in [3.05, 3.63) is 24.0 Å². The zero-order chi connectivity index (χ0) is 12.7. The molecule has 0 aliphatic carbocycles. The molecular weight excluding hydrogens is 222 g/mol.